The third-order valence-electron chi connectivity index (χ3n) is 2.33. The number of nitrogen functional groups attached to an aromatic ring is 1. The maximum atomic E-state index is 9.08. The van der Waals surface area contributed by atoms with E-state index in [1.165, 1.54) is 6.20 Å². The SMILES string of the molecule is Nc1cc(CCc2ncc(O)[nH]2)ccc1Cl. The zero-order valence-electron chi connectivity index (χ0n) is 8.57. The first kappa shape index (κ1) is 10.8. The largest absolute Gasteiger partial charge is 0.493 e. The highest BCUT2D eigenvalue weighted by Crippen LogP contribution is 2.20. The Kier molecular flexibility index (Phi) is 3.01. The first-order valence-corrected chi connectivity index (χ1v) is 5.29. The van der Waals surface area contributed by atoms with Crippen LogP contribution in [-0.4, -0.2) is 15.1 Å². The molecule has 1 aromatic carbocycles. The number of aromatic amines is 1. The maximum absolute atomic E-state index is 9.08. The second-order valence-corrected chi connectivity index (χ2v) is 3.98. The zero-order valence-corrected chi connectivity index (χ0v) is 9.33. The van der Waals surface area contributed by atoms with Crippen molar-refractivity contribution >= 4 is 17.3 Å². The van der Waals surface area contributed by atoms with Gasteiger partial charge in [0.25, 0.3) is 0 Å². The Hall–Kier alpha value is -1.68. The molecule has 1 aromatic heterocycles. The third-order valence-corrected chi connectivity index (χ3v) is 2.67. The minimum Gasteiger partial charge on any atom is -0.493 e. The molecule has 0 radical (unpaired) electrons. The molecule has 0 bridgehead atoms. The monoisotopic (exact) mass is 237 g/mol. The average Bonchev–Trinajstić information content (AvgIpc) is 2.66. The number of aryl methyl sites for hydroxylation is 2. The molecule has 0 unspecified atom stereocenters. The number of halogens is 1. The molecule has 0 amide bonds. The second kappa shape index (κ2) is 4.45. The average molecular weight is 238 g/mol. The fourth-order valence-corrected chi connectivity index (χ4v) is 1.61. The summed E-state index contributed by atoms with van der Waals surface area (Å²) in [7, 11) is 0. The van der Waals surface area contributed by atoms with Gasteiger partial charge in [0.1, 0.15) is 5.82 Å². The number of anilines is 1. The van der Waals surface area contributed by atoms with Crippen LogP contribution in [0.25, 0.3) is 0 Å². The number of imidazole rings is 1. The first-order valence-electron chi connectivity index (χ1n) is 4.92. The fourth-order valence-electron chi connectivity index (χ4n) is 1.49. The smallest absolute Gasteiger partial charge is 0.208 e. The van der Waals surface area contributed by atoms with Gasteiger partial charge in [0, 0.05) is 6.42 Å². The minimum atomic E-state index is 0.0885. The summed E-state index contributed by atoms with van der Waals surface area (Å²) in [4.78, 5) is 6.77. The maximum Gasteiger partial charge on any atom is 0.208 e. The standard InChI is InChI=1S/C11H12ClN3O/c12-8-3-1-7(5-9(8)13)2-4-10-14-6-11(16)15-10/h1,3,5-6,16H,2,4,13H2,(H,14,15). The fraction of sp³-hybridized carbons (Fsp3) is 0.182. The predicted molar refractivity (Wildman–Crippen MR) is 63.5 cm³/mol. The molecule has 84 valence electrons. The molecule has 0 aliphatic rings. The van der Waals surface area contributed by atoms with Gasteiger partial charge < -0.3 is 15.8 Å². The summed E-state index contributed by atoms with van der Waals surface area (Å²) in [5.41, 5.74) is 7.38. The van der Waals surface area contributed by atoms with E-state index in [0.29, 0.717) is 10.7 Å². The molecule has 0 atom stereocenters. The number of aromatic hydroxyl groups is 1. The molecule has 0 fully saturated rings. The summed E-state index contributed by atoms with van der Waals surface area (Å²) in [5.74, 6) is 0.844. The number of nitrogens with one attached hydrogen (secondary N) is 1. The third kappa shape index (κ3) is 2.46. The van der Waals surface area contributed by atoms with E-state index in [1.807, 2.05) is 12.1 Å². The van der Waals surface area contributed by atoms with Gasteiger partial charge in [-0.05, 0) is 24.1 Å². The van der Waals surface area contributed by atoms with Gasteiger partial charge in [-0.15, -0.1) is 0 Å². The first-order chi connectivity index (χ1) is 7.65. The van der Waals surface area contributed by atoms with Crippen LogP contribution in [-0.2, 0) is 12.8 Å². The Balaban J connectivity index is 2.02. The van der Waals surface area contributed by atoms with Gasteiger partial charge in [-0.3, -0.25) is 0 Å². The van der Waals surface area contributed by atoms with Crippen LogP contribution in [0.5, 0.6) is 5.88 Å². The normalized spacial score (nSPS) is 10.6. The molecule has 0 saturated heterocycles. The summed E-state index contributed by atoms with van der Waals surface area (Å²) < 4.78 is 0. The Labute approximate surface area is 98.1 Å². The Morgan fingerprint density at radius 3 is 2.81 bits per heavy atom. The number of aromatic nitrogens is 2. The lowest BCUT2D eigenvalue weighted by Gasteiger charge is -2.02. The number of rotatable bonds is 3. The van der Waals surface area contributed by atoms with Gasteiger partial charge >= 0.3 is 0 Å². The Morgan fingerprint density at radius 2 is 2.19 bits per heavy atom. The van der Waals surface area contributed by atoms with Crippen molar-refractivity contribution < 1.29 is 5.11 Å². The molecule has 2 aromatic rings. The topological polar surface area (TPSA) is 74.9 Å². The zero-order chi connectivity index (χ0) is 11.5. The molecule has 1 heterocycles. The van der Waals surface area contributed by atoms with Crippen LogP contribution >= 0.6 is 11.6 Å². The quantitative estimate of drug-likeness (QED) is 0.716. The summed E-state index contributed by atoms with van der Waals surface area (Å²) >= 11 is 5.82. The molecule has 4 N–H and O–H groups in total. The summed E-state index contributed by atoms with van der Waals surface area (Å²) in [5, 5.41) is 9.64. The van der Waals surface area contributed by atoms with E-state index < -0.39 is 0 Å². The minimum absolute atomic E-state index is 0.0885. The van der Waals surface area contributed by atoms with Crippen LogP contribution < -0.4 is 5.73 Å². The van der Waals surface area contributed by atoms with Crippen molar-refractivity contribution in [2.45, 2.75) is 12.8 Å². The molecule has 2 rings (SSSR count). The van der Waals surface area contributed by atoms with E-state index in [-0.39, 0.29) is 5.88 Å². The van der Waals surface area contributed by atoms with Crippen LogP contribution in [0.2, 0.25) is 5.02 Å². The van der Waals surface area contributed by atoms with Crippen LogP contribution in [0, 0.1) is 0 Å². The number of nitrogens with zero attached hydrogens (tertiary/aromatic N) is 1. The number of nitrogens with two attached hydrogens (primary N) is 1. The van der Waals surface area contributed by atoms with E-state index in [9.17, 15) is 0 Å². The van der Waals surface area contributed by atoms with E-state index >= 15 is 0 Å². The van der Waals surface area contributed by atoms with Gasteiger partial charge in [0.05, 0.1) is 16.9 Å². The van der Waals surface area contributed by atoms with Crippen LogP contribution in [0.15, 0.2) is 24.4 Å². The van der Waals surface area contributed by atoms with Crippen molar-refractivity contribution in [1.29, 1.82) is 0 Å². The van der Waals surface area contributed by atoms with Crippen molar-refractivity contribution in [1.82, 2.24) is 9.97 Å². The van der Waals surface area contributed by atoms with Gasteiger partial charge in [-0.2, -0.15) is 0 Å². The van der Waals surface area contributed by atoms with Crippen molar-refractivity contribution in [3.05, 3.63) is 40.8 Å². The van der Waals surface area contributed by atoms with Crippen molar-refractivity contribution in [3.63, 3.8) is 0 Å². The molecular formula is C11H12ClN3O. The number of hydrogen-bond acceptors (Lipinski definition) is 3. The van der Waals surface area contributed by atoms with Gasteiger partial charge in [-0.25, -0.2) is 4.98 Å². The number of H-pyrrole nitrogens is 1. The summed E-state index contributed by atoms with van der Waals surface area (Å²) in [6.45, 7) is 0. The lowest BCUT2D eigenvalue weighted by molar-refractivity contribution is 0.455. The Bertz CT molecular complexity index is 496. The molecule has 0 saturated carbocycles. The Morgan fingerprint density at radius 1 is 1.38 bits per heavy atom. The van der Waals surface area contributed by atoms with Crippen LogP contribution in [0.1, 0.15) is 11.4 Å². The van der Waals surface area contributed by atoms with Crippen LogP contribution in [0.3, 0.4) is 0 Å². The molecule has 4 nitrogen and oxygen atoms in total. The predicted octanol–water partition coefficient (Wildman–Crippen LogP) is 2.14. The molecule has 5 heteroatoms. The van der Waals surface area contributed by atoms with E-state index in [1.54, 1.807) is 6.07 Å². The van der Waals surface area contributed by atoms with Crippen molar-refractivity contribution in [2.24, 2.45) is 0 Å². The van der Waals surface area contributed by atoms with Crippen molar-refractivity contribution in [2.75, 3.05) is 5.73 Å². The highest BCUT2D eigenvalue weighted by atomic mass is 35.5. The van der Waals surface area contributed by atoms with Crippen LogP contribution in [0.4, 0.5) is 5.69 Å². The lowest BCUT2D eigenvalue weighted by atomic mass is 10.1. The molecule has 0 spiro atoms. The number of hydrogen-bond donors (Lipinski definition) is 3. The molecular weight excluding hydrogens is 226 g/mol. The van der Waals surface area contributed by atoms with E-state index in [4.69, 9.17) is 22.4 Å². The number of benzene rings is 1. The molecule has 0 aliphatic carbocycles. The molecule has 16 heavy (non-hydrogen) atoms. The highest BCUT2D eigenvalue weighted by molar-refractivity contribution is 6.33. The molecule has 0 aliphatic heterocycles. The van der Waals surface area contributed by atoms with Gasteiger partial charge in [-0.1, -0.05) is 17.7 Å². The van der Waals surface area contributed by atoms with E-state index in [0.717, 1.165) is 24.2 Å². The van der Waals surface area contributed by atoms with E-state index in [2.05, 4.69) is 9.97 Å². The highest BCUT2D eigenvalue weighted by Gasteiger charge is 2.02. The summed E-state index contributed by atoms with van der Waals surface area (Å²) in [6.07, 6.45) is 2.92. The van der Waals surface area contributed by atoms with Gasteiger partial charge in [0.15, 0.2) is 0 Å². The second-order valence-electron chi connectivity index (χ2n) is 3.57. The van der Waals surface area contributed by atoms with Crippen molar-refractivity contribution in [3.8, 4) is 5.88 Å². The van der Waals surface area contributed by atoms with Gasteiger partial charge in [0.2, 0.25) is 5.88 Å². The summed E-state index contributed by atoms with van der Waals surface area (Å²) in [6, 6.07) is 5.57. The lowest BCUT2D eigenvalue weighted by Crippen LogP contribution is -1.95.